The lowest BCUT2D eigenvalue weighted by molar-refractivity contribution is 0.116. The highest BCUT2D eigenvalue weighted by atomic mass is 16.2. The lowest BCUT2D eigenvalue weighted by Crippen LogP contribution is -2.50. The van der Waals surface area contributed by atoms with Gasteiger partial charge < -0.3 is 4.90 Å². The van der Waals surface area contributed by atoms with Gasteiger partial charge in [-0.25, -0.2) is 4.79 Å². The molecule has 0 radical (unpaired) electrons. The van der Waals surface area contributed by atoms with Gasteiger partial charge in [-0.2, -0.15) is 0 Å². The van der Waals surface area contributed by atoms with Gasteiger partial charge in [0, 0.05) is 25.0 Å². The predicted molar refractivity (Wildman–Crippen MR) is 103 cm³/mol. The highest BCUT2D eigenvalue weighted by Gasteiger charge is 2.40. The van der Waals surface area contributed by atoms with Crippen LogP contribution in [0.25, 0.3) is 10.9 Å². The second kappa shape index (κ2) is 5.99. The molecule has 4 nitrogen and oxygen atoms in total. The summed E-state index contributed by atoms with van der Waals surface area (Å²) in [7, 11) is 0. The summed E-state index contributed by atoms with van der Waals surface area (Å²) in [5.41, 5.74) is 4.85. The Kier molecular flexibility index (Phi) is 3.61. The Labute approximate surface area is 153 Å². The SMILES string of the molecule is CCN1CCc2c3n(c4ccccc24)C(=O)N(Cc2ccccc2)CC31. The first kappa shape index (κ1) is 15.6. The van der Waals surface area contributed by atoms with Gasteiger partial charge >= 0.3 is 6.03 Å². The number of nitrogens with zero attached hydrogens (tertiary/aromatic N) is 3. The highest BCUT2D eigenvalue weighted by molar-refractivity contribution is 5.96. The zero-order valence-electron chi connectivity index (χ0n) is 15.1. The number of fused-ring (bicyclic) bond motifs is 3. The van der Waals surface area contributed by atoms with E-state index in [0.717, 1.165) is 31.6 Å². The fourth-order valence-electron chi connectivity index (χ4n) is 4.67. The molecule has 1 atom stereocenters. The van der Waals surface area contributed by atoms with Gasteiger partial charge in [0.15, 0.2) is 0 Å². The van der Waals surface area contributed by atoms with Crippen LogP contribution in [0.4, 0.5) is 4.79 Å². The molecule has 0 bridgehead atoms. The van der Waals surface area contributed by atoms with E-state index in [1.54, 1.807) is 0 Å². The van der Waals surface area contributed by atoms with E-state index in [-0.39, 0.29) is 12.1 Å². The summed E-state index contributed by atoms with van der Waals surface area (Å²) in [4.78, 5) is 17.9. The lowest BCUT2D eigenvalue weighted by atomic mass is 9.96. The fourth-order valence-corrected chi connectivity index (χ4v) is 4.67. The molecule has 0 saturated heterocycles. The van der Waals surface area contributed by atoms with Gasteiger partial charge in [-0.1, -0.05) is 55.5 Å². The molecule has 2 aliphatic rings. The van der Waals surface area contributed by atoms with Crippen molar-refractivity contribution < 1.29 is 4.79 Å². The van der Waals surface area contributed by atoms with Crippen molar-refractivity contribution >= 4 is 16.9 Å². The molecule has 1 amide bonds. The van der Waals surface area contributed by atoms with E-state index in [0.29, 0.717) is 6.54 Å². The van der Waals surface area contributed by atoms with Crippen molar-refractivity contribution in [1.29, 1.82) is 0 Å². The third-order valence-electron chi connectivity index (χ3n) is 5.90. The van der Waals surface area contributed by atoms with Crippen molar-refractivity contribution in [1.82, 2.24) is 14.4 Å². The molecule has 0 fully saturated rings. The number of rotatable bonds is 3. The van der Waals surface area contributed by atoms with Crippen LogP contribution < -0.4 is 0 Å². The standard InChI is InChI=1S/C22H23N3O/c1-2-23-13-12-18-17-10-6-7-11-19(17)25-21(18)20(23)15-24(22(25)26)14-16-8-4-3-5-9-16/h3-11,20H,2,12-15H2,1H3. The van der Waals surface area contributed by atoms with Crippen LogP contribution in [-0.2, 0) is 13.0 Å². The summed E-state index contributed by atoms with van der Waals surface area (Å²) in [6.45, 7) is 5.73. The van der Waals surface area contributed by atoms with Crippen molar-refractivity contribution in [3.8, 4) is 0 Å². The van der Waals surface area contributed by atoms with Crippen LogP contribution in [0.1, 0.15) is 29.8 Å². The number of benzene rings is 2. The van der Waals surface area contributed by atoms with Crippen LogP contribution in [-0.4, -0.2) is 40.0 Å². The van der Waals surface area contributed by atoms with Crippen LogP contribution in [0.15, 0.2) is 54.6 Å². The Morgan fingerprint density at radius 3 is 2.62 bits per heavy atom. The van der Waals surface area contributed by atoms with Crippen molar-refractivity contribution in [2.75, 3.05) is 19.6 Å². The summed E-state index contributed by atoms with van der Waals surface area (Å²) in [5.74, 6) is 0. The topological polar surface area (TPSA) is 28.5 Å². The number of hydrogen-bond donors (Lipinski definition) is 0. The molecule has 132 valence electrons. The number of para-hydroxylation sites is 1. The molecule has 5 rings (SSSR count). The van der Waals surface area contributed by atoms with Gasteiger partial charge in [-0.05, 0) is 30.2 Å². The van der Waals surface area contributed by atoms with Crippen LogP contribution in [0.2, 0.25) is 0 Å². The Balaban J connectivity index is 1.65. The molecular weight excluding hydrogens is 322 g/mol. The molecule has 3 heterocycles. The van der Waals surface area contributed by atoms with Crippen molar-refractivity contribution in [2.45, 2.75) is 25.9 Å². The lowest BCUT2D eigenvalue weighted by Gasteiger charge is -2.42. The third kappa shape index (κ3) is 2.22. The second-order valence-corrected chi connectivity index (χ2v) is 7.26. The zero-order chi connectivity index (χ0) is 17.7. The molecule has 3 aromatic rings. The summed E-state index contributed by atoms with van der Waals surface area (Å²) in [6.07, 6.45) is 1.03. The van der Waals surface area contributed by atoms with Gasteiger partial charge in [-0.3, -0.25) is 9.47 Å². The van der Waals surface area contributed by atoms with Crippen molar-refractivity contribution in [3.63, 3.8) is 0 Å². The molecule has 26 heavy (non-hydrogen) atoms. The molecule has 0 spiro atoms. The van der Waals surface area contributed by atoms with E-state index >= 15 is 0 Å². The highest BCUT2D eigenvalue weighted by Crippen LogP contribution is 2.40. The monoisotopic (exact) mass is 345 g/mol. The predicted octanol–water partition coefficient (Wildman–Crippen LogP) is 4.04. The van der Waals surface area contributed by atoms with E-state index < -0.39 is 0 Å². The molecule has 0 N–H and O–H groups in total. The van der Waals surface area contributed by atoms with E-state index in [2.05, 4.69) is 42.2 Å². The second-order valence-electron chi connectivity index (χ2n) is 7.26. The first-order valence-corrected chi connectivity index (χ1v) is 9.47. The van der Waals surface area contributed by atoms with Gasteiger partial charge in [0.1, 0.15) is 0 Å². The summed E-state index contributed by atoms with van der Waals surface area (Å²) < 4.78 is 1.99. The summed E-state index contributed by atoms with van der Waals surface area (Å²) in [6, 6.07) is 19.1. The zero-order valence-corrected chi connectivity index (χ0v) is 15.1. The molecule has 1 unspecified atom stereocenters. The summed E-state index contributed by atoms with van der Waals surface area (Å²) in [5, 5.41) is 1.25. The third-order valence-corrected chi connectivity index (χ3v) is 5.90. The van der Waals surface area contributed by atoms with Gasteiger partial charge in [0.05, 0.1) is 17.3 Å². The molecule has 2 aromatic carbocycles. The minimum absolute atomic E-state index is 0.112. The Morgan fingerprint density at radius 2 is 1.81 bits per heavy atom. The minimum atomic E-state index is 0.112. The number of carbonyl (C=O) groups is 1. The van der Waals surface area contributed by atoms with E-state index in [4.69, 9.17) is 0 Å². The number of hydrogen-bond acceptors (Lipinski definition) is 2. The summed E-state index contributed by atoms with van der Waals surface area (Å²) >= 11 is 0. The maximum atomic E-state index is 13.4. The van der Waals surface area contributed by atoms with Gasteiger partial charge in [0.2, 0.25) is 0 Å². The molecule has 0 aliphatic carbocycles. The van der Waals surface area contributed by atoms with E-state index in [9.17, 15) is 4.79 Å². The smallest absolute Gasteiger partial charge is 0.318 e. The van der Waals surface area contributed by atoms with Crippen LogP contribution in [0.5, 0.6) is 0 Å². The van der Waals surface area contributed by atoms with E-state index in [1.807, 2.05) is 33.7 Å². The Bertz CT molecular complexity index is 976. The fraction of sp³-hybridized carbons (Fsp3) is 0.318. The van der Waals surface area contributed by atoms with Crippen LogP contribution in [0, 0.1) is 0 Å². The largest absolute Gasteiger partial charge is 0.329 e. The maximum Gasteiger partial charge on any atom is 0.329 e. The van der Waals surface area contributed by atoms with Crippen LogP contribution in [0.3, 0.4) is 0 Å². The average molecular weight is 345 g/mol. The van der Waals surface area contributed by atoms with Gasteiger partial charge in [-0.15, -0.1) is 0 Å². The first-order valence-electron chi connectivity index (χ1n) is 9.47. The maximum absolute atomic E-state index is 13.4. The number of amides is 1. The van der Waals surface area contributed by atoms with Crippen LogP contribution >= 0.6 is 0 Å². The molecule has 1 aromatic heterocycles. The molecule has 4 heteroatoms. The number of aromatic nitrogens is 1. The molecular formula is C22H23N3O. The first-order chi connectivity index (χ1) is 12.8. The normalized spacial score (nSPS) is 19.8. The average Bonchev–Trinajstić information content (AvgIpc) is 3.02. The number of likely N-dealkylation sites (N-methyl/N-ethyl adjacent to an activating group) is 1. The van der Waals surface area contributed by atoms with Gasteiger partial charge in [0.25, 0.3) is 0 Å². The number of carbonyl (C=O) groups excluding carboxylic acids is 1. The molecule has 0 saturated carbocycles. The minimum Gasteiger partial charge on any atom is -0.318 e. The van der Waals surface area contributed by atoms with Crippen molar-refractivity contribution in [2.24, 2.45) is 0 Å². The quantitative estimate of drug-likeness (QED) is 0.717. The molecule has 2 aliphatic heterocycles. The van der Waals surface area contributed by atoms with E-state index in [1.165, 1.54) is 22.2 Å². The Hall–Kier alpha value is -2.59. The van der Waals surface area contributed by atoms with Crippen molar-refractivity contribution in [3.05, 3.63) is 71.4 Å². The Morgan fingerprint density at radius 1 is 1.04 bits per heavy atom.